The highest BCUT2D eigenvalue weighted by Gasteiger charge is 2.06. The molecule has 0 aromatic carbocycles. The summed E-state index contributed by atoms with van der Waals surface area (Å²) in [4.78, 5) is 14.9. The minimum atomic E-state index is -0.606. The number of hydrogen-bond donors (Lipinski definition) is 4. The molecule has 0 bridgehead atoms. The minimum Gasteiger partial charge on any atom is -0.383 e. The van der Waals surface area contributed by atoms with Crippen LogP contribution < -0.4 is 28.3 Å². The molecule has 1 heterocycles. The molecule has 7 nitrogen and oxygen atoms in total. The summed E-state index contributed by atoms with van der Waals surface area (Å²) in [5.74, 6) is 5.82. The zero-order valence-electron chi connectivity index (χ0n) is 9.31. The fraction of sp³-hybridized carbons (Fsp3) is 0.556. The van der Waals surface area contributed by atoms with Gasteiger partial charge in [0.25, 0.3) is 0 Å². The molecule has 1 aromatic heterocycles. The van der Waals surface area contributed by atoms with Crippen LogP contribution >= 0.6 is 0 Å². The Bertz CT molecular complexity index is 401. The Balaban J connectivity index is 2.71. The maximum absolute atomic E-state index is 11.2. The first-order valence-electron chi connectivity index (χ1n) is 5.21. The maximum atomic E-state index is 11.2. The molecule has 0 radical (unpaired) electrons. The van der Waals surface area contributed by atoms with E-state index in [0.29, 0.717) is 5.82 Å². The fourth-order valence-electron chi connectivity index (χ4n) is 1.27. The van der Waals surface area contributed by atoms with E-state index in [1.54, 1.807) is 0 Å². The SMILES string of the molecule is CCCCC(N)Nc1cc(N)n(N)c(=O)n1. The summed E-state index contributed by atoms with van der Waals surface area (Å²) in [6.45, 7) is 2.08. The number of nitrogen functional groups attached to an aromatic ring is 2. The summed E-state index contributed by atoms with van der Waals surface area (Å²) in [7, 11) is 0. The summed E-state index contributed by atoms with van der Waals surface area (Å²) >= 11 is 0. The number of rotatable bonds is 5. The van der Waals surface area contributed by atoms with E-state index >= 15 is 0 Å². The zero-order chi connectivity index (χ0) is 12.1. The van der Waals surface area contributed by atoms with E-state index in [9.17, 15) is 4.79 Å². The van der Waals surface area contributed by atoms with Crippen molar-refractivity contribution in [2.24, 2.45) is 5.73 Å². The molecule has 0 fully saturated rings. The molecule has 1 atom stereocenters. The van der Waals surface area contributed by atoms with Crippen LogP contribution in [-0.2, 0) is 0 Å². The van der Waals surface area contributed by atoms with Crippen molar-refractivity contribution in [1.82, 2.24) is 9.66 Å². The normalized spacial score (nSPS) is 12.4. The van der Waals surface area contributed by atoms with Crippen molar-refractivity contribution in [1.29, 1.82) is 0 Å². The number of nitrogens with two attached hydrogens (primary N) is 3. The van der Waals surface area contributed by atoms with Crippen LogP contribution in [0.2, 0.25) is 0 Å². The van der Waals surface area contributed by atoms with E-state index in [4.69, 9.17) is 17.3 Å². The monoisotopic (exact) mass is 226 g/mol. The van der Waals surface area contributed by atoms with Crippen molar-refractivity contribution in [3.63, 3.8) is 0 Å². The molecule has 0 spiro atoms. The van der Waals surface area contributed by atoms with E-state index < -0.39 is 5.69 Å². The molecule has 0 saturated heterocycles. The Morgan fingerprint density at radius 1 is 1.62 bits per heavy atom. The van der Waals surface area contributed by atoms with Crippen LogP contribution in [0.25, 0.3) is 0 Å². The number of nitrogens with one attached hydrogen (secondary N) is 1. The van der Waals surface area contributed by atoms with Gasteiger partial charge >= 0.3 is 5.69 Å². The third kappa shape index (κ3) is 3.13. The van der Waals surface area contributed by atoms with Gasteiger partial charge in [-0.1, -0.05) is 19.8 Å². The number of nitrogens with zero attached hydrogens (tertiary/aromatic N) is 2. The largest absolute Gasteiger partial charge is 0.383 e. The van der Waals surface area contributed by atoms with E-state index in [2.05, 4.69) is 17.2 Å². The van der Waals surface area contributed by atoms with Gasteiger partial charge in [-0.15, -0.1) is 0 Å². The highest BCUT2D eigenvalue weighted by molar-refractivity contribution is 5.44. The third-order valence-electron chi connectivity index (χ3n) is 2.19. The van der Waals surface area contributed by atoms with Gasteiger partial charge in [-0.3, -0.25) is 0 Å². The molecule has 1 aromatic rings. The van der Waals surface area contributed by atoms with E-state index in [0.717, 1.165) is 23.9 Å². The molecule has 1 rings (SSSR count). The molecular weight excluding hydrogens is 208 g/mol. The summed E-state index contributed by atoms with van der Waals surface area (Å²) in [6, 6.07) is 1.48. The second-order valence-electron chi connectivity index (χ2n) is 3.61. The van der Waals surface area contributed by atoms with Crippen molar-refractivity contribution in [3.05, 3.63) is 16.6 Å². The molecule has 7 heteroatoms. The van der Waals surface area contributed by atoms with Crippen molar-refractivity contribution in [2.45, 2.75) is 32.4 Å². The standard InChI is InChI=1S/C9H18N6O/c1-2-3-4-6(10)13-8-5-7(11)15(12)9(16)14-8/h5-6H,2-4,10-12H2,1H3,(H,13,14,16). The fourth-order valence-corrected chi connectivity index (χ4v) is 1.27. The topological polar surface area (TPSA) is 125 Å². The highest BCUT2D eigenvalue weighted by Crippen LogP contribution is 2.07. The third-order valence-corrected chi connectivity index (χ3v) is 2.19. The van der Waals surface area contributed by atoms with Crippen LogP contribution in [0.1, 0.15) is 26.2 Å². The van der Waals surface area contributed by atoms with Crippen LogP contribution in [-0.4, -0.2) is 15.8 Å². The average Bonchev–Trinajstić information content (AvgIpc) is 2.23. The molecule has 0 aliphatic carbocycles. The summed E-state index contributed by atoms with van der Waals surface area (Å²) in [6.07, 6.45) is 2.65. The van der Waals surface area contributed by atoms with Gasteiger partial charge in [-0.2, -0.15) is 9.66 Å². The molecule has 0 aliphatic heterocycles. The van der Waals surface area contributed by atoms with E-state index in [1.165, 1.54) is 6.07 Å². The smallest absolute Gasteiger partial charge is 0.369 e. The molecule has 0 aliphatic rings. The molecule has 7 N–H and O–H groups in total. The lowest BCUT2D eigenvalue weighted by Gasteiger charge is -2.14. The van der Waals surface area contributed by atoms with Gasteiger partial charge in [0.1, 0.15) is 11.6 Å². The second kappa shape index (κ2) is 5.36. The maximum Gasteiger partial charge on any atom is 0.369 e. The van der Waals surface area contributed by atoms with Gasteiger partial charge in [0, 0.05) is 6.07 Å². The van der Waals surface area contributed by atoms with Crippen molar-refractivity contribution in [2.75, 3.05) is 16.9 Å². The Morgan fingerprint density at radius 3 is 2.88 bits per heavy atom. The Labute approximate surface area is 93.6 Å². The van der Waals surface area contributed by atoms with Crippen LogP contribution in [0.4, 0.5) is 11.6 Å². The quantitative estimate of drug-likeness (QED) is 0.393. The summed E-state index contributed by atoms with van der Waals surface area (Å²) in [5, 5.41) is 2.90. The van der Waals surface area contributed by atoms with Crippen LogP contribution in [0.15, 0.2) is 10.9 Å². The molecule has 90 valence electrons. The van der Waals surface area contributed by atoms with Gasteiger partial charge in [0.15, 0.2) is 0 Å². The first-order valence-corrected chi connectivity index (χ1v) is 5.21. The van der Waals surface area contributed by atoms with Gasteiger partial charge < -0.3 is 22.6 Å². The Morgan fingerprint density at radius 2 is 2.31 bits per heavy atom. The Kier molecular flexibility index (Phi) is 4.12. The van der Waals surface area contributed by atoms with Gasteiger partial charge in [0.05, 0.1) is 6.17 Å². The molecule has 16 heavy (non-hydrogen) atoms. The lowest BCUT2D eigenvalue weighted by atomic mass is 10.2. The Hall–Kier alpha value is -1.76. The van der Waals surface area contributed by atoms with Gasteiger partial charge in [0.2, 0.25) is 0 Å². The predicted octanol–water partition coefficient (Wildman–Crippen LogP) is -0.574. The number of hydrogen-bond acceptors (Lipinski definition) is 6. The lowest BCUT2D eigenvalue weighted by molar-refractivity contribution is 0.623. The lowest BCUT2D eigenvalue weighted by Crippen LogP contribution is -2.35. The van der Waals surface area contributed by atoms with Crippen molar-refractivity contribution < 1.29 is 0 Å². The molecule has 1 unspecified atom stereocenters. The zero-order valence-corrected chi connectivity index (χ0v) is 9.31. The van der Waals surface area contributed by atoms with Gasteiger partial charge in [-0.05, 0) is 6.42 Å². The summed E-state index contributed by atoms with van der Waals surface area (Å²) in [5.41, 5.74) is 10.7. The van der Waals surface area contributed by atoms with E-state index in [1.807, 2.05) is 0 Å². The van der Waals surface area contributed by atoms with Crippen molar-refractivity contribution in [3.8, 4) is 0 Å². The molecule has 0 saturated carbocycles. The second-order valence-corrected chi connectivity index (χ2v) is 3.61. The number of anilines is 2. The van der Waals surface area contributed by atoms with Crippen molar-refractivity contribution >= 4 is 11.6 Å². The number of unbranched alkanes of at least 4 members (excludes halogenated alkanes) is 1. The van der Waals surface area contributed by atoms with E-state index in [-0.39, 0.29) is 12.0 Å². The minimum absolute atomic E-state index is 0.144. The van der Waals surface area contributed by atoms with Gasteiger partial charge in [-0.25, -0.2) is 4.79 Å². The van der Waals surface area contributed by atoms with Crippen LogP contribution in [0.5, 0.6) is 0 Å². The van der Waals surface area contributed by atoms with Crippen LogP contribution in [0, 0.1) is 0 Å². The first-order chi connectivity index (χ1) is 7.54. The molecule has 0 amide bonds. The highest BCUT2D eigenvalue weighted by atomic mass is 16.1. The first kappa shape index (κ1) is 12.3. The molecular formula is C9H18N6O. The average molecular weight is 226 g/mol. The summed E-state index contributed by atoms with van der Waals surface area (Å²) < 4.78 is 0.781. The predicted molar refractivity (Wildman–Crippen MR) is 64.2 cm³/mol. The number of aromatic nitrogens is 2. The van der Waals surface area contributed by atoms with Crippen LogP contribution in [0.3, 0.4) is 0 Å².